The van der Waals surface area contributed by atoms with Crippen molar-refractivity contribution >= 4 is 23.5 Å². The average Bonchev–Trinajstić information content (AvgIpc) is 2.70. The normalized spacial score (nSPS) is 18.0. The summed E-state index contributed by atoms with van der Waals surface area (Å²) >= 11 is 1.60. The summed E-state index contributed by atoms with van der Waals surface area (Å²) in [6, 6.07) is 15.7. The number of nitrogens with two attached hydrogens (primary N) is 1. The molecule has 0 aromatic heterocycles. The lowest BCUT2D eigenvalue weighted by molar-refractivity contribution is -0.119. The van der Waals surface area contributed by atoms with Gasteiger partial charge in [-0.05, 0) is 74.5 Å². The van der Waals surface area contributed by atoms with Gasteiger partial charge in [0.25, 0.3) is 0 Å². The Balaban J connectivity index is 1.81. The number of carbonyl (C=O) groups excluding carboxylic acids is 1. The molecule has 1 atom stereocenters. The Labute approximate surface area is 153 Å². The van der Waals surface area contributed by atoms with Gasteiger partial charge in [0.15, 0.2) is 0 Å². The number of anilines is 1. The van der Waals surface area contributed by atoms with Gasteiger partial charge in [0.05, 0.1) is 12.6 Å². The van der Waals surface area contributed by atoms with E-state index in [9.17, 15) is 4.79 Å². The van der Waals surface area contributed by atoms with Crippen molar-refractivity contribution in [3.8, 4) is 0 Å². The number of hydrogen-bond acceptors (Lipinski definition) is 4. The molecule has 25 heavy (non-hydrogen) atoms. The fourth-order valence-electron chi connectivity index (χ4n) is 2.81. The first kappa shape index (κ1) is 18.0. The molecule has 4 nitrogen and oxygen atoms in total. The number of nitrogens with zero attached hydrogens (tertiary/aromatic N) is 1. The first-order chi connectivity index (χ1) is 11.8. The van der Waals surface area contributed by atoms with Gasteiger partial charge in [0.1, 0.15) is 0 Å². The molecule has 1 unspecified atom stereocenters. The van der Waals surface area contributed by atoms with E-state index in [4.69, 9.17) is 5.73 Å². The molecule has 1 aliphatic rings. The molecule has 0 saturated carbocycles. The van der Waals surface area contributed by atoms with Crippen molar-refractivity contribution in [2.45, 2.75) is 50.2 Å². The zero-order valence-corrected chi connectivity index (χ0v) is 15.8. The Morgan fingerprint density at radius 2 is 1.72 bits per heavy atom. The highest BCUT2D eigenvalue weighted by molar-refractivity contribution is 7.97. The third-order valence-corrected chi connectivity index (χ3v) is 5.32. The average molecular weight is 356 g/mol. The molecule has 132 valence electrons. The number of rotatable bonds is 3. The summed E-state index contributed by atoms with van der Waals surface area (Å²) in [5, 5.41) is 0. The second kappa shape index (κ2) is 7.20. The van der Waals surface area contributed by atoms with Gasteiger partial charge in [-0.1, -0.05) is 24.3 Å². The van der Waals surface area contributed by atoms with Crippen LogP contribution in [0.3, 0.4) is 0 Å². The van der Waals surface area contributed by atoms with Gasteiger partial charge in [0.2, 0.25) is 5.91 Å². The van der Waals surface area contributed by atoms with E-state index in [1.807, 2.05) is 36.4 Å². The van der Waals surface area contributed by atoms with Crippen molar-refractivity contribution in [2.24, 2.45) is 5.73 Å². The molecule has 1 heterocycles. The van der Waals surface area contributed by atoms with Crippen molar-refractivity contribution < 1.29 is 4.79 Å². The van der Waals surface area contributed by atoms with Crippen LogP contribution >= 0.6 is 11.9 Å². The van der Waals surface area contributed by atoms with Gasteiger partial charge in [-0.3, -0.25) is 9.52 Å². The third-order valence-electron chi connectivity index (χ3n) is 4.09. The molecule has 2 aromatic carbocycles. The van der Waals surface area contributed by atoms with Crippen LogP contribution in [0.15, 0.2) is 53.4 Å². The lowest BCUT2D eigenvalue weighted by Crippen LogP contribution is -2.42. The monoisotopic (exact) mass is 355 g/mol. The minimum absolute atomic E-state index is 0.0237. The van der Waals surface area contributed by atoms with E-state index < -0.39 is 6.04 Å². The molecule has 0 spiro atoms. The third kappa shape index (κ3) is 4.42. The predicted octanol–water partition coefficient (Wildman–Crippen LogP) is 3.50. The van der Waals surface area contributed by atoms with Crippen molar-refractivity contribution in [1.82, 2.24) is 4.72 Å². The number of nitrogens with one attached hydrogen (secondary N) is 1. The van der Waals surface area contributed by atoms with Gasteiger partial charge in [-0.2, -0.15) is 0 Å². The van der Waals surface area contributed by atoms with Gasteiger partial charge >= 0.3 is 0 Å². The second-order valence-electron chi connectivity index (χ2n) is 7.45. The summed E-state index contributed by atoms with van der Waals surface area (Å²) in [7, 11) is 0. The molecular formula is C20H25N3OS. The molecule has 1 aliphatic heterocycles. The van der Waals surface area contributed by atoms with E-state index >= 15 is 0 Å². The largest absolute Gasteiger partial charge is 0.320 e. The molecule has 0 saturated heterocycles. The predicted molar refractivity (Wildman–Crippen MR) is 104 cm³/mol. The maximum Gasteiger partial charge on any atom is 0.244 e. The Morgan fingerprint density at radius 3 is 2.36 bits per heavy atom. The smallest absolute Gasteiger partial charge is 0.244 e. The van der Waals surface area contributed by atoms with Crippen LogP contribution in [0.1, 0.15) is 31.9 Å². The Morgan fingerprint density at radius 1 is 1.08 bits per heavy atom. The summed E-state index contributed by atoms with van der Waals surface area (Å²) in [6.45, 7) is 6.95. The fraction of sp³-hybridized carbons (Fsp3) is 0.350. The van der Waals surface area contributed by atoms with Crippen molar-refractivity contribution in [3.05, 3.63) is 59.7 Å². The molecule has 1 amide bonds. The van der Waals surface area contributed by atoms with Crippen molar-refractivity contribution in [3.63, 3.8) is 0 Å². The number of hydrogen-bond donors (Lipinski definition) is 2. The van der Waals surface area contributed by atoms with E-state index in [0.29, 0.717) is 13.0 Å². The number of carbonyl (C=O) groups is 1. The quantitative estimate of drug-likeness (QED) is 0.828. The molecule has 0 radical (unpaired) electrons. The zero-order chi connectivity index (χ0) is 18.0. The highest BCUT2D eigenvalue weighted by Gasteiger charge is 2.27. The molecule has 0 aliphatic carbocycles. The van der Waals surface area contributed by atoms with Gasteiger partial charge < -0.3 is 10.6 Å². The van der Waals surface area contributed by atoms with E-state index in [0.717, 1.165) is 21.7 Å². The van der Waals surface area contributed by atoms with Gasteiger partial charge in [-0.25, -0.2) is 0 Å². The molecule has 3 rings (SSSR count). The number of fused-ring (bicyclic) bond motifs is 1. The van der Waals surface area contributed by atoms with E-state index in [-0.39, 0.29) is 11.4 Å². The molecular weight excluding hydrogens is 330 g/mol. The summed E-state index contributed by atoms with van der Waals surface area (Å²) < 4.78 is 3.39. The second-order valence-corrected chi connectivity index (χ2v) is 8.33. The van der Waals surface area contributed by atoms with Crippen LogP contribution in [0, 0.1) is 0 Å². The fourth-order valence-corrected chi connectivity index (χ4v) is 3.50. The van der Waals surface area contributed by atoms with Crippen LogP contribution in [0.4, 0.5) is 5.69 Å². The Bertz CT molecular complexity index is 752. The topological polar surface area (TPSA) is 58.4 Å². The lowest BCUT2D eigenvalue weighted by atomic mass is 10.0. The van der Waals surface area contributed by atoms with Gasteiger partial charge in [-0.15, -0.1) is 0 Å². The van der Waals surface area contributed by atoms with Crippen LogP contribution in [-0.4, -0.2) is 17.5 Å². The number of benzene rings is 2. The van der Waals surface area contributed by atoms with Crippen molar-refractivity contribution in [2.75, 3.05) is 4.90 Å². The minimum Gasteiger partial charge on any atom is -0.320 e. The summed E-state index contributed by atoms with van der Waals surface area (Å²) in [5.41, 5.74) is 9.39. The first-order valence-corrected chi connectivity index (χ1v) is 9.33. The highest BCUT2D eigenvalue weighted by atomic mass is 32.2. The van der Waals surface area contributed by atoms with E-state index in [1.165, 1.54) is 0 Å². The minimum atomic E-state index is -0.500. The van der Waals surface area contributed by atoms with Gasteiger partial charge in [0, 0.05) is 16.1 Å². The summed E-state index contributed by atoms with van der Waals surface area (Å²) in [6.07, 6.45) is 0.592. The zero-order valence-electron chi connectivity index (χ0n) is 15.0. The SMILES string of the molecule is CC(C)(C)NSc1ccc(N2Cc3ccccc3CC(N)C2=O)cc1. The van der Waals surface area contributed by atoms with Crippen LogP contribution in [0.5, 0.6) is 0 Å². The molecule has 0 fully saturated rings. The molecule has 2 aromatic rings. The summed E-state index contributed by atoms with van der Waals surface area (Å²) in [4.78, 5) is 15.6. The lowest BCUT2D eigenvalue weighted by Gasteiger charge is -2.24. The standard InChI is InChI=1S/C20H25N3OS/c1-20(2,3)22-25-17-10-8-16(9-11-17)23-13-15-7-5-4-6-14(15)12-18(21)19(23)24/h4-11,18,22H,12-13,21H2,1-3H3. The first-order valence-electron chi connectivity index (χ1n) is 8.51. The molecule has 3 N–H and O–H groups in total. The van der Waals surface area contributed by atoms with Crippen LogP contribution in [0.25, 0.3) is 0 Å². The maximum absolute atomic E-state index is 12.7. The van der Waals surface area contributed by atoms with E-state index in [1.54, 1.807) is 16.8 Å². The molecule has 5 heteroatoms. The highest BCUT2D eigenvalue weighted by Crippen LogP contribution is 2.27. The Kier molecular flexibility index (Phi) is 5.18. The van der Waals surface area contributed by atoms with Crippen LogP contribution in [0.2, 0.25) is 0 Å². The molecule has 0 bridgehead atoms. The van der Waals surface area contributed by atoms with Crippen LogP contribution in [-0.2, 0) is 17.8 Å². The maximum atomic E-state index is 12.7. The summed E-state index contributed by atoms with van der Waals surface area (Å²) in [5.74, 6) is -0.0237. The Hall–Kier alpha value is -1.82. The number of amides is 1. The van der Waals surface area contributed by atoms with E-state index in [2.05, 4.69) is 37.6 Å². The van der Waals surface area contributed by atoms with Crippen molar-refractivity contribution in [1.29, 1.82) is 0 Å². The van der Waals surface area contributed by atoms with Crippen LogP contribution < -0.4 is 15.4 Å².